The molecule has 2 heterocycles. The van der Waals surface area contributed by atoms with Gasteiger partial charge in [-0.1, -0.05) is 50.6 Å². The highest BCUT2D eigenvalue weighted by Crippen LogP contribution is 2.42. The van der Waals surface area contributed by atoms with E-state index in [2.05, 4.69) is 26.0 Å². The Hall–Kier alpha value is -3.80. The van der Waals surface area contributed by atoms with Crippen LogP contribution < -0.4 is 16.0 Å². The molecule has 0 radical (unpaired) electrons. The van der Waals surface area contributed by atoms with Crippen LogP contribution in [0.4, 0.5) is 0 Å². The summed E-state index contributed by atoms with van der Waals surface area (Å²) in [6, 6.07) is 8.17. The smallest absolute Gasteiger partial charge is 0.243 e. The van der Waals surface area contributed by atoms with Crippen LogP contribution >= 0.6 is 0 Å². The van der Waals surface area contributed by atoms with Crippen molar-refractivity contribution in [1.82, 2.24) is 35.6 Å². The van der Waals surface area contributed by atoms with Crippen LogP contribution in [0.3, 0.4) is 0 Å². The van der Waals surface area contributed by atoms with E-state index in [9.17, 15) is 19.2 Å². The Kier molecular flexibility index (Phi) is 11.5. The Bertz CT molecular complexity index is 1290. The summed E-state index contributed by atoms with van der Waals surface area (Å²) in [5.74, 6) is 0.113. The van der Waals surface area contributed by atoms with Gasteiger partial charge in [-0.15, -0.1) is 0 Å². The zero-order chi connectivity index (χ0) is 31.7. The fourth-order valence-electron chi connectivity index (χ4n) is 6.00. The molecule has 240 valence electrons. The summed E-state index contributed by atoms with van der Waals surface area (Å²) < 4.78 is 6.94. The first-order chi connectivity index (χ1) is 21.1. The molecule has 1 fully saturated rings. The number of methoxy groups -OCH3 is 1. The normalized spacial score (nSPS) is 22.1. The summed E-state index contributed by atoms with van der Waals surface area (Å²) in [5, 5.41) is 13.4. The van der Waals surface area contributed by atoms with Crippen LogP contribution in [0.25, 0.3) is 0 Å². The van der Waals surface area contributed by atoms with E-state index in [1.165, 1.54) is 4.68 Å². The molecular formula is C32H47N7O5. The van der Waals surface area contributed by atoms with Gasteiger partial charge in [-0.25, -0.2) is 9.67 Å². The van der Waals surface area contributed by atoms with Gasteiger partial charge in [0.15, 0.2) is 5.82 Å². The van der Waals surface area contributed by atoms with Crippen molar-refractivity contribution in [3.05, 3.63) is 47.5 Å². The molecule has 0 saturated heterocycles. The Morgan fingerprint density at radius 3 is 2.43 bits per heavy atom. The maximum Gasteiger partial charge on any atom is 0.243 e. The number of rotatable bonds is 6. The zero-order valence-electron chi connectivity index (χ0n) is 26.4. The fraction of sp³-hybridized carbons (Fsp3) is 0.625. The highest BCUT2D eigenvalue weighted by molar-refractivity contribution is 5.88. The average molecular weight is 610 g/mol. The predicted octanol–water partition coefficient (Wildman–Crippen LogP) is 2.07. The molecule has 1 aliphatic carbocycles. The first-order valence-corrected chi connectivity index (χ1v) is 15.7. The van der Waals surface area contributed by atoms with Crippen LogP contribution in [-0.4, -0.2) is 82.7 Å². The second-order valence-corrected chi connectivity index (χ2v) is 12.4. The number of aryl methyl sites for hydroxylation is 1. The summed E-state index contributed by atoms with van der Waals surface area (Å²) in [6.07, 6.45) is 4.03. The number of carbonyl (C=O) groups is 4. The summed E-state index contributed by atoms with van der Waals surface area (Å²) in [4.78, 5) is 60.0. The molecule has 1 aromatic carbocycles. The number of benzene rings is 1. The summed E-state index contributed by atoms with van der Waals surface area (Å²) in [7, 11) is 1.61. The van der Waals surface area contributed by atoms with Crippen LogP contribution in [0, 0.1) is 18.3 Å². The number of fused-ring (bicyclic) bond motifs is 1. The van der Waals surface area contributed by atoms with Crippen molar-refractivity contribution < 1.29 is 23.9 Å². The van der Waals surface area contributed by atoms with E-state index in [4.69, 9.17) is 4.74 Å². The number of amides is 4. The third kappa shape index (κ3) is 8.43. The number of nitrogens with one attached hydrogen (secondary N) is 3. The number of nitrogens with zero attached hydrogens (tertiary/aromatic N) is 4. The van der Waals surface area contributed by atoms with Gasteiger partial charge in [-0.05, 0) is 44.1 Å². The van der Waals surface area contributed by atoms with Crippen molar-refractivity contribution in [2.45, 2.75) is 84.3 Å². The fourth-order valence-corrected chi connectivity index (χ4v) is 6.00. The second-order valence-electron chi connectivity index (χ2n) is 12.4. The van der Waals surface area contributed by atoms with E-state index in [-0.39, 0.29) is 42.5 Å². The van der Waals surface area contributed by atoms with Gasteiger partial charge < -0.3 is 25.6 Å². The van der Waals surface area contributed by atoms with Crippen LogP contribution in [0.15, 0.2) is 30.3 Å². The van der Waals surface area contributed by atoms with E-state index in [0.717, 1.165) is 24.8 Å². The number of carbonyl (C=O) groups excluding carboxylic acids is 4. The Morgan fingerprint density at radius 2 is 1.77 bits per heavy atom. The van der Waals surface area contributed by atoms with E-state index in [1.54, 1.807) is 18.9 Å². The Labute approximate surface area is 259 Å². The predicted molar refractivity (Wildman–Crippen MR) is 164 cm³/mol. The molecule has 0 spiro atoms. The van der Waals surface area contributed by atoms with E-state index < -0.39 is 17.5 Å². The highest BCUT2D eigenvalue weighted by Gasteiger charge is 2.46. The maximum atomic E-state index is 13.8. The molecule has 2 atom stereocenters. The zero-order valence-corrected chi connectivity index (χ0v) is 26.4. The van der Waals surface area contributed by atoms with Crippen molar-refractivity contribution in [1.29, 1.82) is 0 Å². The quantitative estimate of drug-likeness (QED) is 0.454. The Balaban J connectivity index is 1.59. The molecule has 1 aromatic heterocycles. The van der Waals surface area contributed by atoms with E-state index >= 15 is 0 Å². The number of hydrogen-bond donors (Lipinski definition) is 3. The Morgan fingerprint density at radius 1 is 1.05 bits per heavy atom. The lowest BCUT2D eigenvalue weighted by atomic mass is 9.68. The molecule has 1 aliphatic heterocycles. The molecule has 4 amide bonds. The van der Waals surface area contributed by atoms with Crippen molar-refractivity contribution in [2.75, 3.05) is 33.4 Å². The summed E-state index contributed by atoms with van der Waals surface area (Å²) in [6.45, 7) is 7.22. The lowest BCUT2D eigenvalue weighted by Gasteiger charge is -2.43. The molecule has 2 aromatic rings. The van der Waals surface area contributed by atoms with Crippen molar-refractivity contribution in [3.63, 3.8) is 0 Å². The largest absolute Gasteiger partial charge is 0.384 e. The first kappa shape index (κ1) is 33.1. The van der Waals surface area contributed by atoms with Gasteiger partial charge in [0.2, 0.25) is 23.6 Å². The number of ether oxygens (including phenoxy) is 1. The van der Waals surface area contributed by atoms with Crippen LogP contribution in [-0.2, 0) is 36.9 Å². The first-order valence-electron chi connectivity index (χ1n) is 15.7. The van der Waals surface area contributed by atoms with Crippen molar-refractivity contribution in [3.8, 4) is 0 Å². The number of aromatic nitrogens is 3. The molecular weight excluding hydrogens is 562 g/mol. The SMILES string of the molecule is COCC1(C(=O)N2CCCNC(=O)Cn3nc(C)nc3[C@H](C(C)C)NC(=O)[C@@H](Cc3ccccc3)NC(=O)CCC2)CCC1. The van der Waals surface area contributed by atoms with Gasteiger partial charge in [-0.3, -0.25) is 19.2 Å². The minimum atomic E-state index is -0.830. The summed E-state index contributed by atoms with van der Waals surface area (Å²) >= 11 is 0. The molecule has 44 heavy (non-hydrogen) atoms. The second kappa shape index (κ2) is 15.3. The minimum Gasteiger partial charge on any atom is -0.384 e. The number of hydrogen-bond acceptors (Lipinski definition) is 7. The van der Waals surface area contributed by atoms with Gasteiger partial charge in [0, 0.05) is 39.6 Å². The molecule has 12 heteroatoms. The molecule has 4 rings (SSSR count). The molecule has 12 nitrogen and oxygen atoms in total. The third-order valence-electron chi connectivity index (χ3n) is 8.51. The van der Waals surface area contributed by atoms with E-state index in [1.807, 2.05) is 44.2 Å². The van der Waals surface area contributed by atoms with Gasteiger partial charge in [0.25, 0.3) is 0 Å². The van der Waals surface area contributed by atoms with E-state index in [0.29, 0.717) is 57.2 Å². The van der Waals surface area contributed by atoms with Gasteiger partial charge in [0.1, 0.15) is 18.4 Å². The van der Waals surface area contributed by atoms with Gasteiger partial charge in [0.05, 0.1) is 18.1 Å². The molecule has 3 N–H and O–H groups in total. The summed E-state index contributed by atoms with van der Waals surface area (Å²) in [5.41, 5.74) is 0.386. The van der Waals surface area contributed by atoms with Gasteiger partial charge >= 0.3 is 0 Å². The average Bonchev–Trinajstić information content (AvgIpc) is 3.32. The van der Waals surface area contributed by atoms with Gasteiger partial charge in [-0.2, -0.15) is 5.10 Å². The standard InChI is InChI=1S/C32H47N7O5/c1-22(2)28-29-34-23(3)37-39(29)20-27(41)33-16-10-18-38(31(43)32(21-44-4)14-9-15-32)17-8-13-26(40)35-25(30(42)36-28)19-24-11-6-5-7-12-24/h5-7,11-12,22,25,28H,8-10,13-21H2,1-4H3,(H,33,41)(H,35,40)(H,36,42)/t25-,28+/m1/s1. The molecule has 0 bridgehead atoms. The topological polar surface area (TPSA) is 148 Å². The molecule has 1 saturated carbocycles. The van der Waals surface area contributed by atoms with Crippen molar-refractivity contribution in [2.24, 2.45) is 11.3 Å². The molecule has 2 aliphatic rings. The highest BCUT2D eigenvalue weighted by atomic mass is 16.5. The minimum absolute atomic E-state index is 0.0375. The lowest BCUT2D eigenvalue weighted by molar-refractivity contribution is -0.152. The molecule has 0 unspecified atom stereocenters. The monoisotopic (exact) mass is 609 g/mol. The van der Waals surface area contributed by atoms with Crippen molar-refractivity contribution >= 4 is 23.6 Å². The third-order valence-corrected chi connectivity index (χ3v) is 8.51. The maximum absolute atomic E-state index is 13.8. The van der Waals surface area contributed by atoms with Crippen LogP contribution in [0.5, 0.6) is 0 Å². The lowest BCUT2D eigenvalue weighted by Crippen LogP contribution is -2.51. The van der Waals surface area contributed by atoms with Crippen LogP contribution in [0.1, 0.15) is 75.6 Å². The van der Waals surface area contributed by atoms with Crippen LogP contribution in [0.2, 0.25) is 0 Å².